The van der Waals surface area contributed by atoms with Crippen LogP contribution in [0.4, 0.5) is 0 Å². The molecule has 78 valence electrons. The van der Waals surface area contributed by atoms with E-state index in [1.54, 1.807) is 0 Å². The lowest BCUT2D eigenvalue weighted by atomic mass is 9.80. The van der Waals surface area contributed by atoms with E-state index < -0.39 is 0 Å². The van der Waals surface area contributed by atoms with Crippen molar-refractivity contribution in [1.29, 1.82) is 0 Å². The Balaban J connectivity index is 2.03. The first-order valence-electron chi connectivity index (χ1n) is 6.06. The number of nitrogens with two attached hydrogens (primary N) is 1. The Morgan fingerprint density at radius 2 is 1.62 bits per heavy atom. The minimum Gasteiger partial charge on any atom is -0.330 e. The van der Waals surface area contributed by atoms with Gasteiger partial charge in [0, 0.05) is 0 Å². The zero-order valence-electron chi connectivity index (χ0n) is 9.10. The first kappa shape index (κ1) is 11.0. The Morgan fingerprint density at radius 1 is 1.00 bits per heavy atom. The molecule has 0 spiro atoms. The van der Waals surface area contributed by atoms with Gasteiger partial charge >= 0.3 is 0 Å². The van der Waals surface area contributed by atoms with Gasteiger partial charge in [-0.05, 0) is 31.2 Å². The van der Waals surface area contributed by atoms with Crippen molar-refractivity contribution in [2.75, 3.05) is 6.54 Å². The Labute approximate surface area is 83.1 Å². The Hall–Kier alpha value is -0.0400. The predicted octanol–water partition coefficient (Wildman–Crippen LogP) is 3.33. The lowest BCUT2D eigenvalue weighted by Gasteiger charge is -2.27. The molecule has 1 heteroatoms. The summed E-state index contributed by atoms with van der Waals surface area (Å²) < 4.78 is 0. The summed E-state index contributed by atoms with van der Waals surface area (Å²) in [7, 11) is 0. The molecule has 1 saturated carbocycles. The second-order valence-electron chi connectivity index (χ2n) is 4.62. The lowest BCUT2D eigenvalue weighted by molar-refractivity contribution is 0.263. The van der Waals surface area contributed by atoms with Crippen LogP contribution in [-0.2, 0) is 0 Å². The molecule has 1 aliphatic rings. The highest BCUT2D eigenvalue weighted by atomic mass is 14.5. The molecule has 1 nitrogen and oxygen atoms in total. The molecule has 0 radical (unpaired) electrons. The monoisotopic (exact) mass is 183 g/mol. The third-order valence-electron chi connectivity index (χ3n) is 3.52. The molecule has 0 saturated heterocycles. The van der Waals surface area contributed by atoms with Crippen LogP contribution in [0.2, 0.25) is 0 Å². The van der Waals surface area contributed by atoms with E-state index >= 15 is 0 Å². The van der Waals surface area contributed by atoms with Gasteiger partial charge in [-0.3, -0.25) is 0 Å². The average molecular weight is 183 g/mol. The topological polar surface area (TPSA) is 26.0 Å². The van der Waals surface area contributed by atoms with Gasteiger partial charge in [0.1, 0.15) is 0 Å². The number of hydrogen-bond donors (Lipinski definition) is 1. The molecule has 0 heterocycles. The summed E-state index contributed by atoms with van der Waals surface area (Å²) in [6.07, 6.45) is 11.4. The van der Waals surface area contributed by atoms with Gasteiger partial charge in [0.05, 0.1) is 0 Å². The highest BCUT2D eigenvalue weighted by Gasteiger charge is 2.19. The molecule has 0 aromatic heterocycles. The minimum atomic E-state index is 0.849. The molecule has 0 aliphatic heterocycles. The van der Waals surface area contributed by atoms with Crippen molar-refractivity contribution < 1.29 is 0 Å². The molecule has 1 fully saturated rings. The number of hydrogen-bond acceptors (Lipinski definition) is 1. The Morgan fingerprint density at radius 3 is 2.15 bits per heavy atom. The second kappa shape index (κ2) is 6.42. The van der Waals surface area contributed by atoms with Gasteiger partial charge in [0.15, 0.2) is 0 Å². The van der Waals surface area contributed by atoms with Crippen LogP contribution in [0, 0.1) is 11.8 Å². The minimum absolute atomic E-state index is 0.849. The van der Waals surface area contributed by atoms with Crippen molar-refractivity contribution in [3.05, 3.63) is 0 Å². The molecule has 0 atom stereocenters. The van der Waals surface area contributed by atoms with Crippen molar-refractivity contribution in [3.63, 3.8) is 0 Å². The molecule has 0 aromatic carbocycles. The fourth-order valence-corrected chi connectivity index (χ4v) is 2.44. The molecule has 0 unspecified atom stereocenters. The maximum atomic E-state index is 5.67. The van der Waals surface area contributed by atoms with Gasteiger partial charge < -0.3 is 5.73 Å². The summed E-state index contributed by atoms with van der Waals surface area (Å²) in [4.78, 5) is 0. The van der Waals surface area contributed by atoms with Gasteiger partial charge in [-0.25, -0.2) is 0 Å². The second-order valence-corrected chi connectivity index (χ2v) is 4.62. The van der Waals surface area contributed by atoms with Crippen LogP contribution in [-0.4, -0.2) is 6.54 Å². The van der Waals surface area contributed by atoms with E-state index in [-0.39, 0.29) is 0 Å². The third-order valence-corrected chi connectivity index (χ3v) is 3.52. The van der Waals surface area contributed by atoms with Gasteiger partial charge in [-0.15, -0.1) is 0 Å². The standard InChI is InChI=1S/C12H25N/c1-2-3-4-5-11-6-8-12(10-13)9-7-11/h11-12H,2-10,13H2,1H3/t11-,12+. The highest BCUT2D eigenvalue weighted by molar-refractivity contribution is 4.72. The maximum Gasteiger partial charge on any atom is -0.00489 e. The molecular weight excluding hydrogens is 158 g/mol. The fourth-order valence-electron chi connectivity index (χ4n) is 2.44. The molecule has 1 rings (SSSR count). The van der Waals surface area contributed by atoms with Crippen LogP contribution >= 0.6 is 0 Å². The summed E-state index contributed by atoms with van der Waals surface area (Å²) >= 11 is 0. The number of rotatable bonds is 5. The maximum absolute atomic E-state index is 5.67. The van der Waals surface area contributed by atoms with E-state index in [9.17, 15) is 0 Å². The van der Waals surface area contributed by atoms with Crippen molar-refractivity contribution in [2.24, 2.45) is 17.6 Å². The van der Waals surface area contributed by atoms with E-state index in [1.165, 1.54) is 51.4 Å². The van der Waals surface area contributed by atoms with Crippen LogP contribution in [0.15, 0.2) is 0 Å². The van der Waals surface area contributed by atoms with E-state index in [0.717, 1.165) is 18.4 Å². The summed E-state index contributed by atoms with van der Waals surface area (Å²) in [6.45, 7) is 3.20. The lowest BCUT2D eigenvalue weighted by Crippen LogP contribution is -2.21. The zero-order chi connectivity index (χ0) is 9.52. The molecule has 13 heavy (non-hydrogen) atoms. The van der Waals surface area contributed by atoms with Crippen LogP contribution in [0.1, 0.15) is 58.3 Å². The molecule has 0 amide bonds. The predicted molar refractivity (Wildman–Crippen MR) is 58.6 cm³/mol. The van der Waals surface area contributed by atoms with Gasteiger partial charge in [0.2, 0.25) is 0 Å². The largest absolute Gasteiger partial charge is 0.330 e. The van der Waals surface area contributed by atoms with E-state index in [1.807, 2.05) is 0 Å². The van der Waals surface area contributed by atoms with Crippen molar-refractivity contribution in [2.45, 2.75) is 58.3 Å². The summed E-state index contributed by atoms with van der Waals surface area (Å²) in [5, 5.41) is 0. The summed E-state index contributed by atoms with van der Waals surface area (Å²) in [5.41, 5.74) is 5.67. The molecule has 0 aromatic rings. The Bertz CT molecular complexity index is 112. The van der Waals surface area contributed by atoms with Crippen molar-refractivity contribution in [3.8, 4) is 0 Å². The van der Waals surface area contributed by atoms with Crippen LogP contribution in [0.3, 0.4) is 0 Å². The van der Waals surface area contributed by atoms with Crippen LogP contribution in [0.25, 0.3) is 0 Å². The quantitative estimate of drug-likeness (QED) is 0.650. The summed E-state index contributed by atoms with van der Waals surface area (Å²) in [5.74, 6) is 1.89. The van der Waals surface area contributed by atoms with Gasteiger partial charge in [-0.2, -0.15) is 0 Å². The first-order valence-corrected chi connectivity index (χ1v) is 6.06. The number of unbranched alkanes of at least 4 members (excludes halogenated alkanes) is 2. The van der Waals surface area contributed by atoms with E-state index in [2.05, 4.69) is 6.92 Å². The molecule has 1 aliphatic carbocycles. The van der Waals surface area contributed by atoms with Gasteiger partial charge in [-0.1, -0.05) is 45.4 Å². The zero-order valence-corrected chi connectivity index (χ0v) is 9.10. The fraction of sp³-hybridized carbons (Fsp3) is 1.00. The first-order chi connectivity index (χ1) is 6.36. The third kappa shape index (κ3) is 4.12. The molecule has 0 bridgehead atoms. The van der Waals surface area contributed by atoms with E-state index in [0.29, 0.717) is 0 Å². The van der Waals surface area contributed by atoms with Crippen LogP contribution < -0.4 is 5.73 Å². The SMILES string of the molecule is CCCCC[C@H]1CC[C@@H](CN)CC1. The van der Waals surface area contributed by atoms with Crippen molar-refractivity contribution in [1.82, 2.24) is 0 Å². The average Bonchev–Trinajstić information content (AvgIpc) is 2.19. The van der Waals surface area contributed by atoms with Gasteiger partial charge in [0.25, 0.3) is 0 Å². The molecular formula is C12H25N. The smallest absolute Gasteiger partial charge is 0.00489 e. The molecule has 2 N–H and O–H groups in total. The van der Waals surface area contributed by atoms with Crippen molar-refractivity contribution >= 4 is 0 Å². The van der Waals surface area contributed by atoms with E-state index in [4.69, 9.17) is 5.73 Å². The van der Waals surface area contributed by atoms with Crippen LogP contribution in [0.5, 0.6) is 0 Å². The summed E-state index contributed by atoms with van der Waals surface area (Å²) in [6, 6.07) is 0. The normalized spacial score (nSPS) is 29.1. The highest BCUT2D eigenvalue weighted by Crippen LogP contribution is 2.31. The Kier molecular flexibility index (Phi) is 5.45.